The molecule has 0 unspecified atom stereocenters. The average molecular weight is 377 g/mol. The number of hydrogen-bond acceptors (Lipinski definition) is 3. The van der Waals surface area contributed by atoms with Gasteiger partial charge in [0.25, 0.3) is 5.91 Å². The van der Waals surface area contributed by atoms with Crippen LogP contribution in [-0.4, -0.2) is 25.0 Å². The molecule has 0 radical (unpaired) electrons. The van der Waals surface area contributed by atoms with Crippen molar-refractivity contribution < 1.29 is 18.7 Å². The molecule has 0 bridgehead atoms. The first-order valence-electron chi connectivity index (χ1n) is 8.85. The first kappa shape index (κ1) is 19.3. The Bertz CT molecular complexity index is 938. The van der Waals surface area contributed by atoms with Gasteiger partial charge in [0.15, 0.2) is 0 Å². The number of carbonyl (C=O) groups is 2. The zero-order chi connectivity index (χ0) is 19.9. The van der Waals surface area contributed by atoms with Gasteiger partial charge in [-0.2, -0.15) is 0 Å². The number of ether oxygens (including phenoxy) is 1. The van der Waals surface area contributed by atoms with E-state index in [4.69, 9.17) is 4.74 Å². The minimum atomic E-state index is -0.864. The molecule has 4 nitrogen and oxygen atoms in total. The summed E-state index contributed by atoms with van der Waals surface area (Å²) >= 11 is 0. The Hall–Kier alpha value is -3.47. The van der Waals surface area contributed by atoms with E-state index in [0.29, 0.717) is 5.56 Å². The van der Waals surface area contributed by atoms with Crippen LogP contribution in [0.15, 0.2) is 78.9 Å². The van der Waals surface area contributed by atoms with Gasteiger partial charge in [-0.15, -0.1) is 0 Å². The molecular weight excluding hydrogens is 357 g/mol. The molecule has 0 saturated carbocycles. The Balaban J connectivity index is 1.72. The van der Waals surface area contributed by atoms with E-state index < -0.39 is 12.0 Å². The van der Waals surface area contributed by atoms with Gasteiger partial charge in [0.05, 0.1) is 7.11 Å². The number of carbonyl (C=O) groups excluding carboxylic acids is 2. The summed E-state index contributed by atoms with van der Waals surface area (Å²) in [4.78, 5) is 24.7. The van der Waals surface area contributed by atoms with Crippen LogP contribution in [-0.2, 0) is 16.0 Å². The van der Waals surface area contributed by atoms with Crippen molar-refractivity contribution in [3.63, 3.8) is 0 Å². The third-order valence-corrected chi connectivity index (χ3v) is 4.40. The van der Waals surface area contributed by atoms with Crippen LogP contribution in [0.2, 0.25) is 0 Å². The van der Waals surface area contributed by atoms with E-state index in [2.05, 4.69) is 5.32 Å². The number of hydrogen-bond donors (Lipinski definition) is 1. The highest BCUT2D eigenvalue weighted by Crippen LogP contribution is 2.19. The van der Waals surface area contributed by atoms with E-state index in [0.717, 1.165) is 16.7 Å². The molecule has 0 aliphatic rings. The molecule has 0 spiro atoms. The van der Waals surface area contributed by atoms with Crippen LogP contribution in [0.5, 0.6) is 0 Å². The quantitative estimate of drug-likeness (QED) is 0.661. The third-order valence-electron chi connectivity index (χ3n) is 4.40. The number of esters is 1. The normalized spacial score (nSPS) is 11.5. The Kier molecular flexibility index (Phi) is 6.17. The van der Waals surface area contributed by atoms with Crippen molar-refractivity contribution in [2.75, 3.05) is 7.11 Å². The van der Waals surface area contributed by atoms with Crippen LogP contribution in [0, 0.1) is 5.82 Å². The Labute approximate surface area is 163 Å². The van der Waals surface area contributed by atoms with E-state index in [1.165, 1.54) is 19.2 Å². The predicted octanol–water partition coefficient (Wildman–Crippen LogP) is 4.01. The largest absolute Gasteiger partial charge is 0.467 e. The van der Waals surface area contributed by atoms with Crippen LogP contribution in [0.25, 0.3) is 11.1 Å². The average Bonchev–Trinajstić information content (AvgIpc) is 2.75. The molecule has 0 aromatic heterocycles. The Morgan fingerprint density at radius 1 is 0.893 bits per heavy atom. The van der Waals surface area contributed by atoms with Gasteiger partial charge in [0, 0.05) is 12.0 Å². The van der Waals surface area contributed by atoms with Crippen LogP contribution in [0.1, 0.15) is 15.9 Å². The molecule has 142 valence electrons. The number of benzene rings is 3. The van der Waals surface area contributed by atoms with Crippen molar-refractivity contribution in [3.05, 3.63) is 95.8 Å². The van der Waals surface area contributed by atoms with Crippen molar-refractivity contribution >= 4 is 11.9 Å². The zero-order valence-electron chi connectivity index (χ0n) is 15.4. The lowest BCUT2D eigenvalue weighted by molar-refractivity contribution is -0.142. The van der Waals surface area contributed by atoms with Crippen LogP contribution >= 0.6 is 0 Å². The summed E-state index contributed by atoms with van der Waals surface area (Å²) in [6.45, 7) is 0. The summed E-state index contributed by atoms with van der Waals surface area (Å²) in [7, 11) is 1.26. The fourth-order valence-corrected chi connectivity index (χ4v) is 2.88. The fraction of sp³-hybridized carbons (Fsp3) is 0.130. The second-order valence-corrected chi connectivity index (χ2v) is 6.32. The monoisotopic (exact) mass is 377 g/mol. The van der Waals surface area contributed by atoms with Crippen molar-refractivity contribution in [2.24, 2.45) is 0 Å². The molecule has 1 N–H and O–H groups in total. The summed E-state index contributed by atoms with van der Waals surface area (Å²) in [6, 6.07) is 21.9. The lowest BCUT2D eigenvalue weighted by Gasteiger charge is -2.17. The molecule has 0 heterocycles. The fourth-order valence-electron chi connectivity index (χ4n) is 2.88. The molecule has 3 aromatic carbocycles. The molecule has 3 rings (SSSR count). The summed E-state index contributed by atoms with van der Waals surface area (Å²) in [5, 5.41) is 2.70. The van der Waals surface area contributed by atoms with Crippen LogP contribution in [0.3, 0.4) is 0 Å². The molecule has 0 fully saturated rings. The van der Waals surface area contributed by atoms with Crippen molar-refractivity contribution in [2.45, 2.75) is 12.5 Å². The highest BCUT2D eigenvalue weighted by Gasteiger charge is 2.22. The topological polar surface area (TPSA) is 55.4 Å². The number of nitrogens with one attached hydrogen (secondary N) is 1. The molecule has 5 heteroatoms. The molecule has 1 atom stereocenters. The number of methoxy groups -OCH3 is 1. The summed E-state index contributed by atoms with van der Waals surface area (Å²) in [5.74, 6) is -1.29. The van der Waals surface area contributed by atoms with Gasteiger partial charge in [-0.05, 0) is 41.0 Å². The van der Waals surface area contributed by atoms with Gasteiger partial charge >= 0.3 is 5.97 Å². The zero-order valence-corrected chi connectivity index (χ0v) is 15.4. The third kappa shape index (κ3) is 4.82. The maximum absolute atomic E-state index is 13.1. The predicted molar refractivity (Wildman–Crippen MR) is 105 cm³/mol. The molecule has 0 aliphatic carbocycles. The Morgan fingerprint density at radius 2 is 1.50 bits per heavy atom. The van der Waals surface area contributed by atoms with Crippen molar-refractivity contribution in [3.8, 4) is 11.1 Å². The first-order valence-corrected chi connectivity index (χ1v) is 8.85. The molecule has 28 heavy (non-hydrogen) atoms. The number of amides is 1. The smallest absolute Gasteiger partial charge is 0.328 e. The van der Waals surface area contributed by atoms with Gasteiger partial charge in [-0.1, -0.05) is 54.6 Å². The standard InChI is InChI=1S/C23H20FNO3/c1-28-23(27)21(15-16-7-13-20(24)14-8-16)25-22(26)19-11-9-18(10-12-19)17-5-3-2-4-6-17/h2-14,21H,15H2,1H3,(H,25,26)/t21-/m1/s1. The number of rotatable bonds is 6. The lowest BCUT2D eigenvalue weighted by atomic mass is 10.0. The molecule has 0 aliphatic heterocycles. The van der Waals surface area contributed by atoms with E-state index >= 15 is 0 Å². The molecule has 1 amide bonds. The van der Waals surface area contributed by atoms with E-state index in [9.17, 15) is 14.0 Å². The molecule has 0 saturated heterocycles. The summed E-state index contributed by atoms with van der Waals surface area (Å²) in [5.41, 5.74) is 3.20. The Morgan fingerprint density at radius 3 is 2.11 bits per heavy atom. The van der Waals surface area contributed by atoms with Gasteiger partial charge in [0.1, 0.15) is 11.9 Å². The highest BCUT2D eigenvalue weighted by atomic mass is 19.1. The first-order chi connectivity index (χ1) is 13.6. The maximum atomic E-state index is 13.1. The van der Waals surface area contributed by atoms with Crippen LogP contribution < -0.4 is 5.32 Å². The SMILES string of the molecule is COC(=O)[C@@H](Cc1ccc(F)cc1)NC(=O)c1ccc(-c2ccccc2)cc1. The van der Waals surface area contributed by atoms with Gasteiger partial charge in [0.2, 0.25) is 0 Å². The maximum Gasteiger partial charge on any atom is 0.328 e. The van der Waals surface area contributed by atoms with Crippen molar-refractivity contribution in [1.82, 2.24) is 5.32 Å². The van der Waals surface area contributed by atoms with Gasteiger partial charge < -0.3 is 10.1 Å². The van der Waals surface area contributed by atoms with E-state index in [1.807, 2.05) is 42.5 Å². The summed E-state index contributed by atoms with van der Waals surface area (Å²) < 4.78 is 17.9. The lowest BCUT2D eigenvalue weighted by Crippen LogP contribution is -2.43. The second-order valence-electron chi connectivity index (χ2n) is 6.32. The minimum absolute atomic E-state index is 0.209. The number of halogens is 1. The van der Waals surface area contributed by atoms with E-state index in [1.54, 1.807) is 24.3 Å². The molecule has 3 aromatic rings. The summed E-state index contributed by atoms with van der Waals surface area (Å²) in [6.07, 6.45) is 0.209. The van der Waals surface area contributed by atoms with Gasteiger partial charge in [-0.3, -0.25) is 4.79 Å². The van der Waals surface area contributed by atoms with Crippen molar-refractivity contribution in [1.29, 1.82) is 0 Å². The second kappa shape index (κ2) is 8.95. The highest BCUT2D eigenvalue weighted by molar-refractivity contribution is 5.97. The minimum Gasteiger partial charge on any atom is -0.467 e. The van der Waals surface area contributed by atoms with Crippen LogP contribution in [0.4, 0.5) is 4.39 Å². The molecular formula is C23H20FNO3. The van der Waals surface area contributed by atoms with Gasteiger partial charge in [-0.25, -0.2) is 9.18 Å². The van der Waals surface area contributed by atoms with E-state index in [-0.39, 0.29) is 18.1 Å².